The minimum absolute atomic E-state index is 0.0605. The molecular weight excluding hydrogens is 713 g/mol. The number of nitrogens with one attached hydrogen (secondary N) is 3. The van der Waals surface area contributed by atoms with Crippen molar-refractivity contribution in [3.05, 3.63) is 36.5 Å². The lowest BCUT2D eigenvalue weighted by molar-refractivity contribution is -0.142. The van der Waals surface area contributed by atoms with Gasteiger partial charge in [0.2, 0.25) is 27.7 Å². The number of sulfonamides is 1. The number of carbonyl (C=O) groups excluding carboxylic acids is 3. The van der Waals surface area contributed by atoms with Crippen molar-refractivity contribution in [2.45, 2.75) is 87.3 Å². The van der Waals surface area contributed by atoms with Gasteiger partial charge in [-0.25, -0.2) is 22.6 Å². The van der Waals surface area contributed by atoms with Gasteiger partial charge in [0, 0.05) is 23.9 Å². The van der Waals surface area contributed by atoms with Gasteiger partial charge in [-0.15, -0.1) is 0 Å². The van der Waals surface area contributed by atoms with Gasteiger partial charge >= 0.3 is 6.09 Å². The van der Waals surface area contributed by atoms with E-state index in [9.17, 15) is 37.1 Å². The van der Waals surface area contributed by atoms with Crippen LogP contribution in [0.15, 0.2) is 36.5 Å². The van der Waals surface area contributed by atoms with Crippen LogP contribution >= 0.6 is 0 Å². The highest BCUT2D eigenvalue weighted by molar-refractivity contribution is 7.91. The van der Waals surface area contributed by atoms with E-state index in [1.165, 1.54) is 25.3 Å². The van der Waals surface area contributed by atoms with Gasteiger partial charge in [0.05, 0.1) is 20.8 Å². The standard InChI is InChI=1S/C36H46FN5O10S/c1-20-7-5-6-8-23-17-36(23,33(45)41-53(48,49)35(19-37)10-11-35)40-30(43)26-15-24(18-42(26)32(44)29(21(2)13-20)39-34(46)47)52-31-25-16-28(51-4)27(50-3)14-22(25)9-12-38-31/h6,8-9,12,14,16,20-21,23-24,26,29,39H,5,7,10-11,13,15,17-19H2,1-4H3,(H,40,43)(H,41,45)(H,46,47)/t20-,21+,23+,24+,26-,29-,36+/m0/s1. The van der Waals surface area contributed by atoms with E-state index in [0.29, 0.717) is 36.1 Å². The number of pyridine rings is 1. The van der Waals surface area contributed by atoms with Crippen molar-refractivity contribution in [2.24, 2.45) is 17.8 Å². The summed E-state index contributed by atoms with van der Waals surface area (Å²) < 4.78 is 57.6. The van der Waals surface area contributed by atoms with E-state index in [4.69, 9.17) is 14.2 Å². The highest BCUT2D eigenvalue weighted by atomic mass is 32.2. The van der Waals surface area contributed by atoms with Crippen LogP contribution in [0.3, 0.4) is 0 Å². The van der Waals surface area contributed by atoms with Crippen LogP contribution in [0.1, 0.15) is 58.8 Å². The van der Waals surface area contributed by atoms with Crippen LogP contribution in [-0.2, 0) is 24.4 Å². The van der Waals surface area contributed by atoms with Crippen molar-refractivity contribution in [2.75, 3.05) is 27.4 Å². The fraction of sp³-hybridized carbons (Fsp3) is 0.583. The van der Waals surface area contributed by atoms with Crippen LogP contribution in [0.25, 0.3) is 10.8 Å². The third-order valence-corrected chi connectivity index (χ3v) is 13.2. The number of hydrogen-bond acceptors (Lipinski definition) is 10. The number of benzene rings is 1. The molecule has 0 spiro atoms. The predicted octanol–water partition coefficient (Wildman–Crippen LogP) is 3.07. The number of methoxy groups -OCH3 is 2. The Kier molecular flexibility index (Phi) is 10.5. The Hall–Kier alpha value is -4.67. The molecule has 0 unspecified atom stereocenters. The first-order valence-corrected chi connectivity index (χ1v) is 19.2. The molecule has 2 aliphatic carbocycles. The maximum absolute atomic E-state index is 14.4. The Morgan fingerprint density at radius 2 is 1.85 bits per heavy atom. The zero-order valence-corrected chi connectivity index (χ0v) is 30.9. The molecule has 4 N–H and O–H groups in total. The summed E-state index contributed by atoms with van der Waals surface area (Å²) in [5.41, 5.74) is -1.68. The summed E-state index contributed by atoms with van der Waals surface area (Å²) >= 11 is 0. The van der Waals surface area contributed by atoms with Gasteiger partial charge in [-0.3, -0.25) is 19.1 Å². The minimum Gasteiger partial charge on any atom is -0.493 e. The van der Waals surface area contributed by atoms with Crippen LogP contribution in [0, 0.1) is 17.8 Å². The Labute approximate surface area is 307 Å². The topological polar surface area (TPSA) is 203 Å². The van der Waals surface area contributed by atoms with Crippen LogP contribution in [0.2, 0.25) is 0 Å². The zero-order chi connectivity index (χ0) is 38.3. The number of carbonyl (C=O) groups is 4. The molecule has 3 heterocycles. The summed E-state index contributed by atoms with van der Waals surface area (Å²) in [5, 5.41) is 16.2. The second-order valence-electron chi connectivity index (χ2n) is 14.8. The molecule has 4 amide bonds. The number of allylic oxidation sites excluding steroid dienone is 1. The summed E-state index contributed by atoms with van der Waals surface area (Å²) in [4.78, 5) is 60.2. The van der Waals surface area contributed by atoms with E-state index in [0.717, 1.165) is 5.39 Å². The molecule has 15 nitrogen and oxygen atoms in total. The van der Waals surface area contributed by atoms with Crippen LogP contribution in [0.4, 0.5) is 9.18 Å². The molecule has 3 fully saturated rings. The molecule has 0 bridgehead atoms. The van der Waals surface area contributed by atoms with E-state index >= 15 is 0 Å². The number of carboxylic acid groups (broad SMARTS) is 1. The molecule has 288 valence electrons. The SMILES string of the molecule is COc1cc2ccnc(O[C@@H]3C[C@H]4C(=O)N[C@]5(C(=O)NS(=O)(=O)C6(CF)CC6)C[C@H]5C=CCC[C@H](C)C[C@@H](C)[C@H](NC(=O)O)C(=O)N4C3)c2cc1OC. The Balaban J connectivity index is 1.35. The van der Waals surface area contributed by atoms with Crippen molar-refractivity contribution in [1.29, 1.82) is 0 Å². The summed E-state index contributed by atoms with van der Waals surface area (Å²) in [6.07, 6.45) is 4.94. The fourth-order valence-corrected chi connectivity index (χ4v) is 9.03. The third-order valence-electron chi connectivity index (χ3n) is 11.1. The van der Waals surface area contributed by atoms with Gasteiger partial charge in [-0.1, -0.05) is 26.0 Å². The molecule has 2 aromatic rings. The molecule has 53 heavy (non-hydrogen) atoms. The number of hydrogen-bond donors (Lipinski definition) is 4. The number of amides is 4. The third kappa shape index (κ3) is 7.44. The van der Waals surface area contributed by atoms with Gasteiger partial charge in [-0.2, -0.15) is 0 Å². The van der Waals surface area contributed by atoms with E-state index < -0.39 is 80.8 Å². The highest BCUT2D eigenvalue weighted by Gasteiger charge is 2.64. The van der Waals surface area contributed by atoms with Crippen LogP contribution in [-0.4, -0.2) is 103 Å². The van der Waals surface area contributed by atoms with E-state index in [1.807, 2.05) is 17.7 Å². The summed E-state index contributed by atoms with van der Waals surface area (Å²) in [6.45, 7) is 2.51. The van der Waals surface area contributed by atoms with Crippen molar-refractivity contribution in [1.82, 2.24) is 25.2 Å². The number of ether oxygens (including phenoxy) is 3. The molecule has 7 atom stereocenters. The average molecular weight is 760 g/mol. The number of halogens is 1. The molecule has 4 aliphatic rings. The van der Waals surface area contributed by atoms with E-state index in [1.54, 1.807) is 31.2 Å². The monoisotopic (exact) mass is 759 g/mol. The first-order chi connectivity index (χ1) is 25.2. The quantitative estimate of drug-likeness (QED) is 0.274. The summed E-state index contributed by atoms with van der Waals surface area (Å²) in [7, 11) is -1.39. The first-order valence-electron chi connectivity index (χ1n) is 17.8. The first kappa shape index (κ1) is 38.1. The van der Waals surface area contributed by atoms with E-state index in [2.05, 4.69) is 15.6 Å². The number of fused-ring (bicyclic) bond motifs is 3. The Bertz CT molecular complexity index is 1920. The molecule has 1 aromatic heterocycles. The fourth-order valence-electron chi connectivity index (χ4n) is 7.61. The number of alkyl halides is 1. The Morgan fingerprint density at radius 3 is 2.51 bits per heavy atom. The van der Waals surface area contributed by atoms with Crippen molar-refractivity contribution < 1.29 is 51.3 Å². The molecule has 2 aliphatic heterocycles. The van der Waals surface area contributed by atoms with Crippen molar-refractivity contribution in [3.63, 3.8) is 0 Å². The summed E-state index contributed by atoms with van der Waals surface area (Å²) in [6, 6.07) is 2.77. The van der Waals surface area contributed by atoms with Gasteiger partial charge in [-0.05, 0) is 73.9 Å². The van der Waals surface area contributed by atoms with Gasteiger partial charge in [0.25, 0.3) is 5.91 Å². The number of aromatic nitrogens is 1. The van der Waals surface area contributed by atoms with Gasteiger partial charge in [0.1, 0.15) is 35.1 Å². The number of nitrogens with zero attached hydrogens (tertiary/aromatic N) is 2. The maximum atomic E-state index is 14.4. The van der Waals surface area contributed by atoms with E-state index in [-0.39, 0.29) is 44.0 Å². The van der Waals surface area contributed by atoms with Crippen molar-refractivity contribution in [3.8, 4) is 17.4 Å². The second-order valence-corrected chi connectivity index (χ2v) is 16.9. The lowest BCUT2D eigenvalue weighted by atomic mass is 9.88. The molecule has 0 radical (unpaired) electrons. The predicted molar refractivity (Wildman–Crippen MR) is 190 cm³/mol. The van der Waals surface area contributed by atoms with Gasteiger partial charge < -0.3 is 34.9 Å². The normalized spacial score (nSPS) is 29.8. The molecule has 1 saturated heterocycles. The largest absolute Gasteiger partial charge is 0.493 e. The Morgan fingerprint density at radius 1 is 1.13 bits per heavy atom. The average Bonchev–Trinajstić information content (AvgIpc) is 4.02. The highest BCUT2D eigenvalue weighted by Crippen LogP contribution is 2.48. The zero-order valence-electron chi connectivity index (χ0n) is 30.1. The minimum atomic E-state index is -4.39. The van der Waals surface area contributed by atoms with Crippen molar-refractivity contribution >= 4 is 44.6 Å². The smallest absolute Gasteiger partial charge is 0.405 e. The molecule has 1 aromatic carbocycles. The lowest BCUT2D eigenvalue weighted by Gasteiger charge is -2.32. The molecular formula is C36H46FN5O10S. The number of rotatable bonds is 9. The molecule has 17 heteroatoms. The maximum Gasteiger partial charge on any atom is 0.405 e. The summed E-state index contributed by atoms with van der Waals surface area (Å²) in [5.74, 6) is -2.19. The molecule has 2 saturated carbocycles. The van der Waals surface area contributed by atoms with Crippen LogP contribution in [0.5, 0.6) is 17.4 Å². The molecule has 6 rings (SSSR count). The van der Waals surface area contributed by atoms with Crippen LogP contribution < -0.4 is 29.6 Å². The van der Waals surface area contributed by atoms with Gasteiger partial charge in [0.15, 0.2) is 11.5 Å². The lowest BCUT2D eigenvalue weighted by Crippen LogP contribution is -2.59. The second kappa shape index (κ2) is 14.6.